The van der Waals surface area contributed by atoms with Gasteiger partial charge in [0, 0.05) is 26.2 Å². The van der Waals surface area contributed by atoms with Crippen LogP contribution in [0.3, 0.4) is 0 Å². The summed E-state index contributed by atoms with van der Waals surface area (Å²) in [6.45, 7) is 1.47. The number of benzene rings is 2. The van der Waals surface area contributed by atoms with Gasteiger partial charge in [0.1, 0.15) is 11.6 Å². The Hall–Kier alpha value is -2.64. The van der Waals surface area contributed by atoms with Crippen LogP contribution < -0.4 is 4.74 Å². The number of hydrogen-bond acceptors (Lipinski definition) is 4. The van der Waals surface area contributed by atoms with Gasteiger partial charge in [-0.1, -0.05) is 35.9 Å². The first kappa shape index (κ1) is 26.0. The predicted molar refractivity (Wildman–Crippen MR) is 131 cm³/mol. The lowest BCUT2D eigenvalue weighted by molar-refractivity contribution is -0.137. The molecule has 1 fully saturated rings. The Balaban J connectivity index is 1.62. The number of carbonyl (C=O) groups is 2. The number of nitrogens with zero attached hydrogens (tertiary/aromatic N) is 3. The molecule has 2 amide bonds. The zero-order valence-corrected chi connectivity index (χ0v) is 20.8. The van der Waals surface area contributed by atoms with Crippen LogP contribution in [0.5, 0.6) is 5.75 Å². The first-order chi connectivity index (χ1) is 16.2. The first-order valence-corrected chi connectivity index (χ1v) is 11.9. The van der Waals surface area contributed by atoms with Crippen molar-refractivity contribution in [2.75, 3.05) is 47.4 Å². The summed E-state index contributed by atoms with van der Waals surface area (Å²) >= 11 is 6.10. The maximum Gasteiger partial charge on any atom is 0.260 e. The fraction of sp³-hybridized carbons (Fsp3) is 0.462. The highest BCUT2D eigenvalue weighted by molar-refractivity contribution is 6.32. The van der Waals surface area contributed by atoms with E-state index in [1.165, 1.54) is 12.1 Å². The Labute approximate surface area is 206 Å². The van der Waals surface area contributed by atoms with Gasteiger partial charge in [0.25, 0.3) is 5.91 Å². The standard InChI is InChI=1S/C26H33ClFN3O3/c1-29(2)17-25(32)30(3)23(16-19-8-10-21(28)11-9-19)20-12-14-31(15-13-20)26(33)18-34-24-7-5-4-6-22(24)27/h4-11,20,23H,12-18H2,1-3H3/t23-/m1/s1. The molecule has 1 aliphatic rings. The molecule has 0 saturated carbocycles. The number of piperidine rings is 1. The zero-order valence-electron chi connectivity index (χ0n) is 20.0. The van der Waals surface area contributed by atoms with Crippen LogP contribution in [0.25, 0.3) is 0 Å². The Kier molecular flexibility index (Phi) is 9.30. The van der Waals surface area contributed by atoms with Crippen molar-refractivity contribution >= 4 is 23.4 Å². The Bertz CT molecular complexity index is 962. The van der Waals surface area contributed by atoms with Crippen LogP contribution in [0.2, 0.25) is 5.02 Å². The molecule has 3 rings (SSSR count). The predicted octanol–water partition coefficient (Wildman–Crippen LogP) is 3.73. The number of rotatable bonds is 9. The van der Waals surface area contributed by atoms with Crippen molar-refractivity contribution < 1.29 is 18.7 Å². The van der Waals surface area contributed by atoms with Gasteiger partial charge in [-0.15, -0.1) is 0 Å². The van der Waals surface area contributed by atoms with Gasteiger partial charge >= 0.3 is 0 Å². The van der Waals surface area contributed by atoms with Crippen LogP contribution in [0, 0.1) is 11.7 Å². The minimum absolute atomic E-state index is 0.0328. The van der Waals surface area contributed by atoms with Gasteiger partial charge in [-0.3, -0.25) is 9.59 Å². The summed E-state index contributed by atoms with van der Waals surface area (Å²) in [7, 11) is 5.58. The molecule has 1 saturated heterocycles. The average molecular weight is 490 g/mol. The SMILES string of the molecule is CN(C)CC(=O)N(C)[C@H](Cc1ccc(F)cc1)C1CCN(C(=O)COc2ccccc2Cl)CC1. The Morgan fingerprint density at radius 2 is 1.74 bits per heavy atom. The Morgan fingerprint density at radius 3 is 2.35 bits per heavy atom. The van der Waals surface area contributed by atoms with Crippen LogP contribution in [0.15, 0.2) is 48.5 Å². The van der Waals surface area contributed by atoms with Gasteiger partial charge < -0.3 is 19.4 Å². The van der Waals surface area contributed by atoms with E-state index in [2.05, 4.69) is 0 Å². The number of amides is 2. The van der Waals surface area contributed by atoms with E-state index in [9.17, 15) is 14.0 Å². The number of halogens is 2. The molecule has 0 aromatic heterocycles. The summed E-state index contributed by atoms with van der Waals surface area (Å²) in [6.07, 6.45) is 2.21. The summed E-state index contributed by atoms with van der Waals surface area (Å²) in [5.41, 5.74) is 0.988. The topological polar surface area (TPSA) is 53.1 Å². The maximum absolute atomic E-state index is 13.4. The Morgan fingerprint density at radius 1 is 1.09 bits per heavy atom. The largest absolute Gasteiger partial charge is 0.482 e. The molecule has 2 aromatic carbocycles. The summed E-state index contributed by atoms with van der Waals surface area (Å²) < 4.78 is 19.0. The number of hydrogen-bond donors (Lipinski definition) is 0. The van der Waals surface area contributed by atoms with E-state index in [1.54, 1.807) is 24.3 Å². The molecule has 1 atom stereocenters. The molecule has 0 aliphatic carbocycles. The van der Waals surface area contributed by atoms with Crippen molar-refractivity contribution in [2.45, 2.75) is 25.3 Å². The second-order valence-electron chi connectivity index (χ2n) is 9.08. The highest BCUT2D eigenvalue weighted by Gasteiger charge is 2.33. The van der Waals surface area contributed by atoms with Gasteiger partial charge in [0.15, 0.2) is 6.61 Å². The third kappa shape index (κ3) is 7.18. The third-order valence-electron chi connectivity index (χ3n) is 6.32. The summed E-state index contributed by atoms with van der Waals surface area (Å²) in [5, 5.41) is 0.475. The van der Waals surface area contributed by atoms with E-state index in [-0.39, 0.29) is 36.2 Å². The lowest BCUT2D eigenvalue weighted by Crippen LogP contribution is -2.50. The first-order valence-electron chi connectivity index (χ1n) is 11.5. The van der Waals surface area contributed by atoms with Gasteiger partial charge in [-0.25, -0.2) is 4.39 Å². The van der Waals surface area contributed by atoms with Crippen LogP contribution in [-0.4, -0.2) is 79.9 Å². The molecule has 0 radical (unpaired) electrons. The lowest BCUT2D eigenvalue weighted by atomic mass is 9.85. The molecular weight excluding hydrogens is 457 g/mol. The molecular formula is C26H33ClFN3O3. The molecule has 0 unspecified atom stereocenters. The highest BCUT2D eigenvalue weighted by Crippen LogP contribution is 2.27. The number of likely N-dealkylation sites (N-methyl/N-ethyl adjacent to an activating group) is 2. The molecule has 6 nitrogen and oxygen atoms in total. The van der Waals surface area contributed by atoms with Crippen molar-refractivity contribution in [3.05, 3.63) is 64.9 Å². The molecule has 34 heavy (non-hydrogen) atoms. The van der Waals surface area contributed by atoms with Crippen LogP contribution in [0.1, 0.15) is 18.4 Å². The van der Waals surface area contributed by atoms with Gasteiger partial charge in [0.05, 0.1) is 11.6 Å². The quantitative estimate of drug-likeness (QED) is 0.538. The molecule has 1 heterocycles. The van der Waals surface area contributed by atoms with Gasteiger partial charge in [0.2, 0.25) is 5.91 Å². The third-order valence-corrected chi connectivity index (χ3v) is 6.64. The second-order valence-corrected chi connectivity index (χ2v) is 9.48. The van der Waals surface area contributed by atoms with Gasteiger partial charge in [-0.05, 0) is 69.1 Å². The summed E-state index contributed by atoms with van der Waals surface area (Å²) in [6, 6.07) is 13.5. The monoisotopic (exact) mass is 489 g/mol. The van der Waals surface area contributed by atoms with Crippen molar-refractivity contribution in [1.29, 1.82) is 0 Å². The normalized spacial score (nSPS) is 15.3. The second kappa shape index (κ2) is 12.2. The minimum Gasteiger partial charge on any atom is -0.482 e. The number of carbonyl (C=O) groups excluding carboxylic acids is 2. The van der Waals surface area contributed by atoms with Crippen LogP contribution >= 0.6 is 11.6 Å². The van der Waals surface area contributed by atoms with Crippen LogP contribution in [0.4, 0.5) is 4.39 Å². The van der Waals surface area contributed by atoms with Crippen molar-refractivity contribution in [2.24, 2.45) is 5.92 Å². The van der Waals surface area contributed by atoms with Crippen LogP contribution in [-0.2, 0) is 16.0 Å². The van der Waals surface area contributed by atoms with Crippen molar-refractivity contribution in [3.8, 4) is 5.75 Å². The maximum atomic E-state index is 13.4. The fourth-order valence-corrected chi connectivity index (χ4v) is 4.57. The molecule has 0 N–H and O–H groups in total. The van der Waals surface area contributed by atoms with E-state index < -0.39 is 0 Å². The zero-order chi connectivity index (χ0) is 24.7. The van der Waals surface area contributed by atoms with Crippen molar-refractivity contribution in [1.82, 2.24) is 14.7 Å². The summed E-state index contributed by atoms with van der Waals surface area (Å²) in [4.78, 5) is 31.0. The molecule has 0 spiro atoms. The molecule has 8 heteroatoms. The highest BCUT2D eigenvalue weighted by atomic mass is 35.5. The number of para-hydroxylation sites is 1. The van der Waals surface area contributed by atoms with Crippen molar-refractivity contribution in [3.63, 3.8) is 0 Å². The molecule has 1 aliphatic heterocycles. The average Bonchev–Trinajstić information content (AvgIpc) is 2.82. The minimum atomic E-state index is -0.275. The number of likely N-dealkylation sites (tertiary alicyclic amines) is 1. The van der Waals surface area contributed by atoms with E-state index >= 15 is 0 Å². The fourth-order valence-electron chi connectivity index (χ4n) is 4.38. The number of ether oxygens (including phenoxy) is 1. The smallest absolute Gasteiger partial charge is 0.260 e. The molecule has 2 aromatic rings. The van der Waals surface area contributed by atoms with E-state index in [0.29, 0.717) is 36.8 Å². The van der Waals surface area contributed by atoms with E-state index in [0.717, 1.165) is 18.4 Å². The van der Waals surface area contributed by atoms with E-state index in [4.69, 9.17) is 16.3 Å². The molecule has 184 valence electrons. The molecule has 0 bridgehead atoms. The lowest BCUT2D eigenvalue weighted by Gasteiger charge is -2.40. The summed E-state index contributed by atoms with van der Waals surface area (Å²) in [5.74, 6) is 0.417. The van der Waals surface area contributed by atoms with Gasteiger partial charge in [-0.2, -0.15) is 0 Å². The van der Waals surface area contributed by atoms with E-state index in [1.807, 2.05) is 48.0 Å².